The zero-order valence-corrected chi connectivity index (χ0v) is 20.0. The molecular weight excluding hydrogens is 487 g/mol. The number of hydrogen-bond donors (Lipinski definition) is 1. The highest BCUT2D eigenvalue weighted by molar-refractivity contribution is 7.86. The predicted molar refractivity (Wildman–Crippen MR) is 135 cm³/mol. The maximum atomic E-state index is 13.8. The van der Waals surface area contributed by atoms with Crippen LogP contribution in [0.5, 0.6) is 0 Å². The van der Waals surface area contributed by atoms with Gasteiger partial charge in [-0.1, -0.05) is 66.7 Å². The molecule has 0 aliphatic carbocycles. The molecule has 0 aliphatic heterocycles. The Labute approximate surface area is 209 Å². The van der Waals surface area contributed by atoms with Crippen molar-refractivity contribution in [3.05, 3.63) is 120 Å². The first-order valence-electron chi connectivity index (χ1n) is 11.0. The number of carbonyl (C=O) groups is 1. The number of anilines is 1. The van der Waals surface area contributed by atoms with Crippen LogP contribution in [0, 0.1) is 17.5 Å². The molecule has 4 rings (SSSR count). The van der Waals surface area contributed by atoms with Crippen LogP contribution in [0.1, 0.15) is 17.5 Å². The molecular formula is C28H24F3NO3S. The van der Waals surface area contributed by atoms with Crippen LogP contribution in [0.15, 0.2) is 95.9 Å². The number of benzene rings is 4. The Kier molecular flexibility index (Phi) is 9.16. The molecule has 4 aromatic rings. The van der Waals surface area contributed by atoms with Gasteiger partial charge in [0.1, 0.15) is 5.78 Å². The maximum Gasteiger partial charge on any atom is 0.194 e. The first kappa shape index (κ1) is 26.8. The lowest BCUT2D eigenvalue weighted by atomic mass is 10.0. The van der Waals surface area contributed by atoms with Crippen LogP contribution in [0.3, 0.4) is 0 Å². The van der Waals surface area contributed by atoms with Crippen LogP contribution >= 0.6 is 0 Å². The van der Waals surface area contributed by atoms with Gasteiger partial charge in [-0.2, -0.15) is 0 Å². The minimum atomic E-state index is -1.53. The number of Topliss-reactive ketones (excluding diaryl/α,β-unsaturated/α-hetero) is 1. The summed E-state index contributed by atoms with van der Waals surface area (Å²) < 4.78 is 56.2. The summed E-state index contributed by atoms with van der Waals surface area (Å²) >= 11 is 0. The molecule has 1 atom stereocenters. The fourth-order valence-corrected chi connectivity index (χ4v) is 4.73. The number of nitrogens with one attached hydrogen (secondary N) is 1. The Bertz CT molecular complexity index is 1360. The molecule has 36 heavy (non-hydrogen) atoms. The van der Waals surface area contributed by atoms with Gasteiger partial charge in [-0.3, -0.25) is 4.79 Å². The molecule has 3 N–H and O–H groups in total. The highest BCUT2D eigenvalue weighted by atomic mass is 32.2. The molecule has 0 saturated carbocycles. The van der Waals surface area contributed by atoms with Gasteiger partial charge in [-0.05, 0) is 52.9 Å². The van der Waals surface area contributed by atoms with E-state index in [4.69, 9.17) is 0 Å². The number of ketones is 1. The van der Waals surface area contributed by atoms with Crippen molar-refractivity contribution in [2.24, 2.45) is 0 Å². The quantitative estimate of drug-likeness (QED) is 0.287. The van der Waals surface area contributed by atoms with Crippen LogP contribution in [0.25, 0.3) is 11.1 Å². The molecule has 0 amide bonds. The van der Waals surface area contributed by atoms with E-state index < -0.39 is 28.4 Å². The molecule has 0 bridgehead atoms. The molecule has 0 saturated heterocycles. The summed E-state index contributed by atoms with van der Waals surface area (Å²) in [6.07, 6.45) is 0.106. The molecule has 0 spiro atoms. The van der Waals surface area contributed by atoms with E-state index >= 15 is 0 Å². The minimum absolute atomic E-state index is 0. The molecule has 1 unspecified atom stereocenters. The fourth-order valence-electron chi connectivity index (χ4n) is 3.69. The van der Waals surface area contributed by atoms with E-state index in [1.807, 2.05) is 54.6 Å². The van der Waals surface area contributed by atoms with Crippen LogP contribution < -0.4 is 4.72 Å². The average Bonchev–Trinajstić information content (AvgIpc) is 2.88. The van der Waals surface area contributed by atoms with Gasteiger partial charge in [0.15, 0.2) is 28.4 Å². The lowest BCUT2D eigenvalue weighted by Gasteiger charge is -2.11. The number of rotatable bonds is 9. The van der Waals surface area contributed by atoms with E-state index in [9.17, 15) is 22.2 Å². The van der Waals surface area contributed by atoms with Crippen LogP contribution in [-0.2, 0) is 28.6 Å². The SMILES string of the molecule is O.O=C(CCc1ccc(F)c(F)c1F)Cc1ccc(NS(=O)c2ccccc2-c2ccccc2)cc1. The number of hydrogen-bond acceptors (Lipinski definition) is 2. The van der Waals surface area contributed by atoms with E-state index in [1.165, 1.54) is 0 Å². The normalized spacial score (nSPS) is 11.4. The van der Waals surface area contributed by atoms with Crippen LogP contribution in [0.2, 0.25) is 0 Å². The summed E-state index contributed by atoms with van der Waals surface area (Å²) in [5.74, 6) is -4.19. The first-order valence-corrected chi connectivity index (χ1v) is 12.1. The Hall–Kier alpha value is -3.75. The van der Waals surface area contributed by atoms with Crippen molar-refractivity contribution in [2.75, 3.05) is 4.72 Å². The Morgan fingerprint density at radius 1 is 0.778 bits per heavy atom. The largest absolute Gasteiger partial charge is 0.412 e. The Morgan fingerprint density at radius 2 is 1.44 bits per heavy atom. The van der Waals surface area contributed by atoms with Crippen LogP contribution in [-0.4, -0.2) is 15.5 Å². The van der Waals surface area contributed by atoms with Crippen molar-refractivity contribution >= 4 is 22.5 Å². The van der Waals surface area contributed by atoms with Gasteiger partial charge >= 0.3 is 0 Å². The first-order chi connectivity index (χ1) is 16.9. The lowest BCUT2D eigenvalue weighted by molar-refractivity contribution is -0.118. The third-order valence-electron chi connectivity index (χ3n) is 5.53. The molecule has 0 heterocycles. The zero-order valence-electron chi connectivity index (χ0n) is 19.1. The van der Waals surface area contributed by atoms with Gasteiger partial charge in [-0.15, -0.1) is 0 Å². The minimum Gasteiger partial charge on any atom is -0.412 e. The highest BCUT2D eigenvalue weighted by Gasteiger charge is 2.15. The second-order valence-electron chi connectivity index (χ2n) is 7.98. The van der Waals surface area contributed by atoms with Crippen molar-refractivity contribution in [2.45, 2.75) is 24.2 Å². The van der Waals surface area contributed by atoms with Gasteiger partial charge in [0.05, 0.1) is 4.90 Å². The number of halogens is 3. The Balaban J connectivity index is 0.00000361. The molecule has 0 radical (unpaired) electrons. The molecule has 0 fully saturated rings. The molecule has 186 valence electrons. The fraction of sp³-hybridized carbons (Fsp3) is 0.107. The lowest BCUT2D eigenvalue weighted by Crippen LogP contribution is -2.08. The molecule has 0 aromatic heterocycles. The Morgan fingerprint density at radius 3 is 2.17 bits per heavy atom. The summed E-state index contributed by atoms with van der Waals surface area (Å²) in [4.78, 5) is 13.0. The molecule has 4 aromatic carbocycles. The molecule has 0 aliphatic rings. The summed E-state index contributed by atoms with van der Waals surface area (Å²) in [7, 11) is -1.50. The van der Waals surface area contributed by atoms with Crippen LogP contribution in [0.4, 0.5) is 18.9 Å². The van der Waals surface area contributed by atoms with Gasteiger partial charge < -0.3 is 10.2 Å². The van der Waals surface area contributed by atoms with Gasteiger partial charge in [0.25, 0.3) is 0 Å². The van der Waals surface area contributed by atoms with Gasteiger partial charge in [-0.25, -0.2) is 17.4 Å². The molecule has 4 nitrogen and oxygen atoms in total. The zero-order chi connectivity index (χ0) is 24.8. The topological polar surface area (TPSA) is 77.7 Å². The summed E-state index contributed by atoms with van der Waals surface area (Å²) in [6, 6.07) is 26.1. The highest BCUT2D eigenvalue weighted by Crippen LogP contribution is 2.27. The van der Waals surface area contributed by atoms with Crippen molar-refractivity contribution in [1.82, 2.24) is 0 Å². The van der Waals surface area contributed by atoms with Gasteiger partial charge in [0, 0.05) is 18.5 Å². The smallest absolute Gasteiger partial charge is 0.194 e. The summed E-state index contributed by atoms with van der Waals surface area (Å²) in [6.45, 7) is 0. The second-order valence-corrected chi connectivity index (χ2v) is 9.16. The third kappa shape index (κ3) is 6.47. The number of aryl methyl sites for hydroxylation is 1. The second kappa shape index (κ2) is 12.3. The maximum absolute atomic E-state index is 13.8. The standard InChI is InChI=1S/C28H22F3NO2S.H2O/c29-25-17-13-21(27(30)28(25)31)12-16-23(33)18-19-10-14-22(15-11-19)32-35(34)26-9-5-4-8-24(26)20-6-2-1-3-7-20;/h1-11,13-15,17,32H,12,16,18H2;1H2. The van der Waals surface area contributed by atoms with E-state index in [2.05, 4.69) is 4.72 Å². The average molecular weight is 512 g/mol. The monoisotopic (exact) mass is 511 g/mol. The summed E-state index contributed by atoms with van der Waals surface area (Å²) in [5.41, 5.74) is 3.18. The van der Waals surface area contributed by atoms with E-state index in [-0.39, 0.29) is 36.1 Å². The van der Waals surface area contributed by atoms with Crippen molar-refractivity contribution in [1.29, 1.82) is 0 Å². The van der Waals surface area contributed by atoms with E-state index in [0.717, 1.165) is 28.8 Å². The van der Waals surface area contributed by atoms with E-state index in [1.54, 1.807) is 24.3 Å². The predicted octanol–water partition coefficient (Wildman–Crippen LogP) is 5.83. The van der Waals surface area contributed by atoms with Crippen molar-refractivity contribution in [3.63, 3.8) is 0 Å². The van der Waals surface area contributed by atoms with E-state index in [0.29, 0.717) is 10.6 Å². The summed E-state index contributed by atoms with van der Waals surface area (Å²) in [5, 5.41) is 0. The van der Waals surface area contributed by atoms with Crippen molar-refractivity contribution < 1.29 is 27.7 Å². The number of carbonyl (C=O) groups excluding carboxylic acids is 1. The van der Waals surface area contributed by atoms with Gasteiger partial charge in [0.2, 0.25) is 0 Å². The molecule has 8 heteroatoms. The third-order valence-corrected chi connectivity index (χ3v) is 6.70. The van der Waals surface area contributed by atoms with Crippen molar-refractivity contribution in [3.8, 4) is 11.1 Å².